The molecule has 0 aromatic heterocycles. The zero-order valence-electron chi connectivity index (χ0n) is 9.44. The fourth-order valence-electron chi connectivity index (χ4n) is 1.25. The van der Waals surface area contributed by atoms with Crippen molar-refractivity contribution in [2.75, 3.05) is 17.2 Å². The summed E-state index contributed by atoms with van der Waals surface area (Å²) in [6.07, 6.45) is -0.0305. The number of rotatable bonds is 5. The highest BCUT2D eigenvalue weighted by Crippen LogP contribution is 2.20. The number of hydrogen-bond acceptors (Lipinski definition) is 4. The molecule has 0 aliphatic carbocycles. The highest BCUT2D eigenvalue weighted by molar-refractivity contribution is 7.91. The molecule has 6 heteroatoms. The van der Waals surface area contributed by atoms with Gasteiger partial charge in [-0.15, -0.1) is 0 Å². The number of halogens is 1. The van der Waals surface area contributed by atoms with Crippen LogP contribution in [0.1, 0.15) is 23.7 Å². The van der Waals surface area contributed by atoms with Crippen LogP contribution in [0.15, 0.2) is 18.2 Å². The van der Waals surface area contributed by atoms with Crippen LogP contribution >= 0.6 is 11.6 Å². The van der Waals surface area contributed by atoms with E-state index in [1.807, 2.05) is 0 Å². The van der Waals surface area contributed by atoms with E-state index in [0.717, 1.165) is 0 Å². The molecular formula is C11H14ClNO3S. The number of Topliss-reactive ketones (excluding diaryl/α,β-unsaturated/α-hetero) is 1. The first kappa shape index (κ1) is 14.0. The number of hydrogen-bond donors (Lipinski definition) is 1. The molecule has 17 heavy (non-hydrogen) atoms. The lowest BCUT2D eigenvalue weighted by Crippen LogP contribution is -2.13. The van der Waals surface area contributed by atoms with Crippen LogP contribution in [-0.2, 0) is 9.84 Å². The van der Waals surface area contributed by atoms with Gasteiger partial charge in [0.2, 0.25) is 0 Å². The Labute approximate surface area is 106 Å². The fourth-order valence-corrected chi connectivity index (χ4v) is 2.16. The number of carbonyl (C=O) groups excluding carboxylic acids is 1. The van der Waals surface area contributed by atoms with Gasteiger partial charge in [0.05, 0.1) is 16.5 Å². The molecule has 94 valence electrons. The van der Waals surface area contributed by atoms with E-state index in [0.29, 0.717) is 16.3 Å². The second-order valence-corrected chi connectivity index (χ2v) is 6.53. The van der Waals surface area contributed by atoms with Crippen molar-refractivity contribution in [1.29, 1.82) is 0 Å². The van der Waals surface area contributed by atoms with E-state index in [1.54, 1.807) is 13.0 Å². The van der Waals surface area contributed by atoms with E-state index in [2.05, 4.69) is 0 Å². The summed E-state index contributed by atoms with van der Waals surface area (Å²) in [5.74, 6) is -0.334. The molecule has 0 atom stereocenters. The number of nitrogen functional groups attached to an aromatic ring is 1. The van der Waals surface area contributed by atoms with Crippen LogP contribution in [-0.4, -0.2) is 25.7 Å². The normalized spacial score (nSPS) is 11.4. The molecule has 0 aliphatic rings. The topological polar surface area (TPSA) is 77.2 Å². The Bertz CT molecular complexity index is 526. The van der Waals surface area contributed by atoms with Gasteiger partial charge in [0, 0.05) is 17.7 Å². The summed E-state index contributed by atoms with van der Waals surface area (Å²) in [5, 5.41) is 0.378. The first-order chi connectivity index (χ1) is 7.85. The molecule has 0 amide bonds. The van der Waals surface area contributed by atoms with Crippen LogP contribution in [0, 0.1) is 0 Å². The Kier molecular flexibility index (Phi) is 4.54. The largest absolute Gasteiger partial charge is 0.398 e. The minimum absolute atomic E-state index is 0.0305. The van der Waals surface area contributed by atoms with Crippen LogP contribution < -0.4 is 5.73 Å². The molecule has 1 rings (SSSR count). The summed E-state index contributed by atoms with van der Waals surface area (Å²) in [6, 6.07) is 4.53. The summed E-state index contributed by atoms with van der Waals surface area (Å²) in [5.41, 5.74) is 6.27. The van der Waals surface area contributed by atoms with E-state index in [9.17, 15) is 13.2 Å². The Balaban J connectivity index is 2.74. The third-order valence-electron chi connectivity index (χ3n) is 2.40. The summed E-state index contributed by atoms with van der Waals surface area (Å²) in [4.78, 5) is 11.7. The lowest BCUT2D eigenvalue weighted by atomic mass is 10.1. The summed E-state index contributed by atoms with van der Waals surface area (Å²) >= 11 is 5.73. The van der Waals surface area contributed by atoms with Gasteiger partial charge in [0.15, 0.2) is 5.78 Å². The average Bonchev–Trinajstić information content (AvgIpc) is 2.30. The smallest absolute Gasteiger partial charge is 0.163 e. The molecule has 2 N–H and O–H groups in total. The van der Waals surface area contributed by atoms with Crippen LogP contribution in [0.2, 0.25) is 5.02 Å². The van der Waals surface area contributed by atoms with Crippen LogP contribution in [0.5, 0.6) is 0 Å². The van der Waals surface area contributed by atoms with Gasteiger partial charge in [0.1, 0.15) is 9.84 Å². The van der Waals surface area contributed by atoms with Gasteiger partial charge in [-0.25, -0.2) is 8.42 Å². The number of anilines is 1. The molecule has 0 saturated heterocycles. The molecule has 0 bridgehead atoms. The number of nitrogens with two attached hydrogens (primary N) is 1. The SMILES string of the molecule is CCS(=O)(=O)CCC(=O)c1ccc(Cl)c(N)c1. The first-order valence-electron chi connectivity index (χ1n) is 5.14. The Morgan fingerprint density at radius 1 is 1.41 bits per heavy atom. The minimum Gasteiger partial charge on any atom is -0.398 e. The van der Waals surface area contributed by atoms with Gasteiger partial charge in [-0.2, -0.15) is 0 Å². The minimum atomic E-state index is -3.12. The van der Waals surface area contributed by atoms with E-state index in [1.165, 1.54) is 12.1 Å². The standard InChI is InChI=1S/C11H14ClNO3S/c1-2-17(15,16)6-5-11(14)8-3-4-9(12)10(13)7-8/h3-4,7H,2,5-6,13H2,1H3. The second-order valence-electron chi connectivity index (χ2n) is 3.65. The number of ketones is 1. The van der Waals surface area contributed by atoms with Crippen LogP contribution in [0.3, 0.4) is 0 Å². The maximum Gasteiger partial charge on any atom is 0.163 e. The van der Waals surface area contributed by atoms with Gasteiger partial charge >= 0.3 is 0 Å². The van der Waals surface area contributed by atoms with E-state index in [4.69, 9.17) is 17.3 Å². The van der Waals surface area contributed by atoms with Crippen molar-refractivity contribution >= 4 is 32.9 Å². The monoisotopic (exact) mass is 275 g/mol. The molecule has 0 unspecified atom stereocenters. The summed E-state index contributed by atoms with van der Waals surface area (Å²) in [6.45, 7) is 1.56. The average molecular weight is 276 g/mol. The maximum atomic E-state index is 11.7. The van der Waals surface area contributed by atoms with Crippen LogP contribution in [0.25, 0.3) is 0 Å². The molecule has 0 radical (unpaired) electrons. The first-order valence-corrected chi connectivity index (χ1v) is 7.34. The highest BCUT2D eigenvalue weighted by Gasteiger charge is 2.13. The molecular weight excluding hydrogens is 262 g/mol. The van der Waals surface area contributed by atoms with Crippen LogP contribution in [0.4, 0.5) is 5.69 Å². The van der Waals surface area contributed by atoms with Crippen molar-refractivity contribution < 1.29 is 13.2 Å². The zero-order chi connectivity index (χ0) is 13.1. The quantitative estimate of drug-likeness (QED) is 0.658. The van der Waals surface area contributed by atoms with Crippen molar-refractivity contribution in [3.05, 3.63) is 28.8 Å². The molecule has 4 nitrogen and oxygen atoms in total. The fraction of sp³-hybridized carbons (Fsp3) is 0.364. The van der Waals surface area contributed by atoms with Gasteiger partial charge in [-0.3, -0.25) is 4.79 Å². The Morgan fingerprint density at radius 2 is 2.06 bits per heavy atom. The molecule has 0 fully saturated rings. The molecule has 1 aromatic carbocycles. The van der Waals surface area contributed by atoms with Gasteiger partial charge in [-0.05, 0) is 18.2 Å². The summed E-state index contributed by atoms with van der Waals surface area (Å²) in [7, 11) is -3.12. The number of carbonyl (C=O) groups is 1. The Hall–Kier alpha value is -1.07. The molecule has 0 aliphatic heterocycles. The lowest BCUT2D eigenvalue weighted by molar-refractivity contribution is 0.0989. The van der Waals surface area contributed by atoms with Crippen molar-refractivity contribution in [3.63, 3.8) is 0 Å². The van der Waals surface area contributed by atoms with Crippen molar-refractivity contribution in [1.82, 2.24) is 0 Å². The highest BCUT2D eigenvalue weighted by atomic mass is 35.5. The predicted molar refractivity (Wildman–Crippen MR) is 69.1 cm³/mol. The second kappa shape index (κ2) is 5.51. The number of benzene rings is 1. The predicted octanol–water partition coefficient (Wildman–Crippen LogP) is 1.93. The molecule has 0 heterocycles. The third kappa shape index (κ3) is 4.02. The van der Waals surface area contributed by atoms with Gasteiger partial charge in [0.25, 0.3) is 0 Å². The zero-order valence-corrected chi connectivity index (χ0v) is 11.0. The van der Waals surface area contributed by atoms with E-state index < -0.39 is 9.84 Å². The summed E-state index contributed by atoms with van der Waals surface area (Å²) < 4.78 is 22.5. The van der Waals surface area contributed by atoms with Crippen molar-refractivity contribution in [3.8, 4) is 0 Å². The molecule has 0 saturated carbocycles. The van der Waals surface area contributed by atoms with Gasteiger partial charge in [-0.1, -0.05) is 18.5 Å². The van der Waals surface area contributed by atoms with E-state index in [-0.39, 0.29) is 23.7 Å². The van der Waals surface area contributed by atoms with E-state index >= 15 is 0 Å². The van der Waals surface area contributed by atoms with Gasteiger partial charge < -0.3 is 5.73 Å². The third-order valence-corrected chi connectivity index (χ3v) is 4.45. The maximum absolute atomic E-state index is 11.7. The lowest BCUT2D eigenvalue weighted by Gasteiger charge is -2.04. The van der Waals surface area contributed by atoms with Crippen molar-refractivity contribution in [2.24, 2.45) is 0 Å². The molecule has 0 spiro atoms. The Morgan fingerprint density at radius 3 is 2.59 bits per heavy atom. The molecule has 1 aromatic rings. The number of sulfone groups is 1. The van der Waals surface area contributed by atoms with Crippen molar-refractivity contribution in [2.45, 2.75) is 13.3 Å².